The number of fused-ring (bicyclic) bond motifs is 1. The molecule has 0 atom stereocenters. The predicted octanol–water partition coefficient (Wildman–Crippen LogP) is 4.26. The third kappa shape index (κ3) is 4.72. The van der Waals surface area contributed by atoms with Gasteiger partial charge in [0.05, 0.1) is 18.0 Å². The minimum atomic E-state index is -0.322. The molecule has 0 spiro atoms. The van der Waals surface area contributed by atoms with Crippen LogP contribution in [0.3, 0.4) is 0 Å². The minimum absolute atomic E-state index is 0.0733. The van der Waals surface area contributed by atoms with E-state index in [1.165, 1.54) is 23.9 Å². The lowest BCUT2D eigenvalue weighted by Gasteiger charge is -2.14. The summed E-state index contributed by atoms with van der Waals surface area (Å²) in [6, 6.07) is 11.7. The molecule has 0 amide bonds. The molecular weight excluding hydrogens is 379 g/mol. The van der Waals surface area contributed by atoms with Gasteiger partial charge in [0.25, 0.3) is 5.56 Å². The standard InChI is InChI=1S/C21H23FN2O3S/c1-3-27-12-6-11-24-20(25)17-7-4-5-8-18(17)23-21(24)28-14-15-13-16(22)9-10-19(15)26-2/h4-5,7-10,13H,3,6,11-12,14H2,1-2H3. The van der Waals surface area contributed by atoms with Crippen LogP contribution < -0.4 is 10.3 Å². The van der Waals surface area contributed by atoms with Gasteiger partial charge in [0.15, 0.2) is 5.16 Å². The van der Waals surface area contributed by atoms with Crippen molar-refractivity contribution in [2.24, 2.45) is 0 Å². The van der Waals surface area contributed by atoms with Crippen molar-refractivity contribution in [2.75, 3.05) is 20.3 Å². The van der Waals surface area contributed by atoms with E-state index >= 15 is 0 Å². The Morgan fingerprint density at radius 1 is 1.21 bits per heavy atom. The van der Waals surface area contributed by atoms with E-state index in [9.17, 15) is 9.18 Å². The summed E-state index contributed by atoms with van der Waals surface area (Å²) < 4.78 is 26.0. The number of hydrogen-bond donors (Lipinski definition) is 0. The van der Waals surface area contributed by atoms with Gasteiger partial charge in [-0.15, -0.1) is 0 Å². The number of methoxy groups -OCH3 is 1. The average Bonchev–Trinajstić information content (AvgIpc) is 2.71. The number of ether oxygens (including phenoxy) is 2. The van der Waals surface area contributed by atoms with Gasteiger partial charge in [-0.05, 0) is 43.7 Å². The third-order valence-corrected chi connectivity index (χ3v) is 5.33. The van der Waals surface area contributed by atoms with Gasteiger partial charge in [-0.2, -0.15) is 0 Å². The number of hydrogen-bond acceptors (Lipinski definition) is 5. The van der Waals surface area contributed by atoms with Crippen LogP contribution in [0.5, 0.6) is 5.75 Å². The zero-order valence-corrected chi connectivity index (χ0v) is 16.8. The first-order valence-electron chi connectivity index (χ1n) is 9.16. The van der Waals surface area contributed by atoms with Crippen molar-refractivity contribution < 1.29 is 13.9 Å². The van der Waals surface area contributed by atoms with Crippen LogP contribution in [0.25, 0.3) is 10.9 Å². The fourth-order valence-electron chi connectivity index (χ4n) is 2.93. The smallest absolute Gasteiger partial charge is 0.262 e. The summed E-state index contributed by atoms with van der Waals surface area (Å²) >= 11 is 1.40. The molecule has 0 radical (unpaired) electrons. The van der Waals surface area contributed by atoms with Gasteiger partial charge in [0.2, 0.25) is 0 Å². The number of benzene rings is 2. The Morgan fingerprint density at radius 3 is 2.82 bits per heavy atom. The van der Waals surface area contributed by atoms with E-state index in [1.807, 2.05) is 25.1 Å². The molecule has 28 heavy (non-hydrogen) atoms. The predicted molar refractivity (Wildman–Crippen MR) is 110 cm³/mol. The van der Waals surface area contributed by atoms with Gasteiger partial charge in [-0.1, -0.05) is 23.9 Å². The average molecular weight is 402 g/mol. The van der Waals surface area contributed by atoms with Crippen molar-refractivity contribution in [3.05, 3.63) is 64.2 Å². The second-order valence-electron chi connectivity index (χ2n) is 6.16. The van der Waals surface area contributed by atoms with Gasteiger partial charge in [0, 0.05) is 31.1 Å². The Kier molecular flexibility index (Phi) is 7.06. The third-order valence-electron chi connectivity index (χ3n) is 4.30. The Morgan fingerprint density at radius 2 is 2.04 bits per heavy atom. The molecule has 0 N–H and O–H groups in total. The molecule has 0 bridgehead atoms. The normalized spacial score (nSPS) is 11.1. The summed E-state index contributed by atoms with van der Waals surface area (Å²) in [5.41, 5.74) is 1.30. The van der Waals surface area contributed by atoms with Crippen LogP contribution in [0.15, 0.2) is 52.4 Å². The van der Waals surface area contributed by atoms with Crippen molar-refractivity contribution in [3.63, 3.8) is 0 Å². The zero-order chi connectivity index (χ0) is 19.9. The van der Waals surface area contributed by atoms with Gasteiger partial charge >= 0.3 is 0 Å². The minimum Gasteiger partial charge on any atom is -0.496 e. The molecule has 0 aliphatic heterocycles. The second-order valence-corrected chi connectivity index (χ2v) is 7.11. The van der Waals surface area contributed by atoms with Gasteiger partial charge in [0.1, 0.15) is 11.6 Å². The number of nitrogens with zero attached hydrogens (tertiary/aromatic N) is 2. The molecule has 0 aliphatic carbocycles. The van der Waals surface area contributed by atoms with Crippen molar-refractivity contribution in [3.8, 4) is 5.75 Å². The van der Waals surface area contributed by atoms with Gasteiger partial charge < -0.3 is 9.47 Å². The zero-order valence-electron chi connectivity index (χ0n) is 16.0. The topological polar surface area (TPSA) is 53.4 Å². The quantitative estimate of drug-likeness (QED) is 0.304. The Labute approximate surface area is 167 Å². The first kappa shape index (κ1) is 20.4. The summed E-state index contributed by atoms with van der Waals surface area (Å²) in [5.74, 6) is 0.730. The molecule has 3 rings (SSSR count). The van der Waals surface area contributed by atoms with Crippen LogP contribution >= 0.6 is 11.8 Å². The number of halogens is 1. The van der Waals surface area contributed by atoms with Gasteiger partial charge in [-0.3, -0.25) is 9.36 Å². The Balaban J connectivity index is 1.92. The van der Waals surface area contributed by atoms with Gasteiger partial charge in [-0.25, -0.2) is 9.37 Å². The van der Waals surface area contributed by atoms with E-state index in [-0.39, 0.29) is 11.4 Å². The maximum atomic E-state index is 13.7. The van der Waals surface area contributed by atoms with Crippen LogP contribution in [0.4, 0.5) is 4.39 Å². The first-order valence-corrected chi connectivity index (χ1v) is 10.1. The molecule has 0 fully saturated rings. The van der Waals surface area contributed by atoms with Crippen molar-refractivity contribution >= 4 is 22.7 Å². The SMILES string of the molecule is CCOCCCn1c(SCc2cc(F)ccc2OC)nc2ccccc2c1=O. The molecule has 1 aromatic heterocycles. The van der Waals surface area contributed by atoms with Crippen molar-refractivity contribution in [2.45, 2.75) is 30.8 Å². The molecule has 0 saturated heterocycles. The van der Waals surface area contributed by atoms with E-state index < -0.39 is 0 Å². The van der Waals surface area contributed by atoms with Crippen LogP contribution in [0, 0.1) is 5.82 Å². The van der Waals surface area contributed by atoms with Crippen molar-refractivity contribution in [1.29, 1.82) is 0 Å². The molecule has 7 heteroatoms. The molecule has 5 nitrogen and oxygen atoms in total. The highest BCUT2D eigenvalue weighted by molar-refractivity contribution is 7.98. The summed E-state index contributed by atoms with van der Waals surface area (Å²) in [4.78, 5) is 17.7. The number of rotatable bonds is 9. The summed E-state index contributed by atoms with van der Waals surface area (Å²) in [6.45, 7) is 3.68. The lowest BCUT2D eigenvalue weighted by atomic mass is 10.2. The van der Waals surface area contributed by atoms with E-state index in [1.54, 1.807) is 23.8 Å². The number of aromatic nitrogens is 2. The highest BCUT2D eigenvalue weighted by atomic mass is 32.2. The molecule has 0 saturated carbocycles. The lowest BCUT2D eigenvalue weighted by molar-refractivity contribution is 0.140. The largest absolute Gasteiger partial charge is 0.496 e. The summed E-state index contributed by atoms with van der Waals surface area (Å²) in [7, 11) is 1.55. The van der Waals surface area contributed by atoms with Crippen LogP contribution in [0.1, 0.15) is 18.9 Å². The maximum absolute atomic E-state index is 13.7. The Bertz CT molecular complexity index is 1010. The summed E-state index contributed by atoms with van der Waals surface area (Å²) in [6.07, 6.45) is 0.713. The van der Waals surface area contributed by atoms with Crippen LogP contribution in [0.2, 0.25) is 0 Å². The molecule has 0 unspecified atom stereocenters. The maximum Gasteiger partial charge on any atom is 0.262 e. The second kappa shape index (κ2) is 9.71. The highest BCUT2D eigenvalue weighted by Crippen LogP contribution is 2.28. The fourth-order valence-corrected chi connectivity index (χ4v) is 3.93. The molecule has 2 aromatic carbocycles. The highest BCUT2D eigenvalue weighted by Gasteiger charge is 2.13. The molecule has 1 heterocycles. The summed E-state index contributed by atoms with van der Waals surface area (Å²) in [5, 5.41) is 1.19. The number of para-hydroxylation sites is 1. The van der Waals surface area contributed by atoms with E-state index in [2.05, 4.69) is 4.98 Å². The first-order chi connectivity index (χ1) is 13.6. The molecular formula is C21H23FN2O3S. The van der Waals surface area contributed by atoms with E-state index in [4.69, 9.17) is 9.47 Å². The van der Waals surface area contributed by atoms with Crippen molar-refractivity contribution in [1.82, 2.24) is 9.55 Å². The molecule has 3 aromatic rings. The molecule has 148 valence electrons. The Hall–Kier alpha value is -2.38. The molecule has 0 aliphatic rings. The fraction of sp³-hybridized carbons (Fsp3) is 0.333. The van der Waals surface area contributed by atoms with E-state index in [0.29, 0.717) is 53.7 Å². The monoisotopic (exact) mass is 402 g/mol. The lowest BCUT2D eigenvalue weighted by Crippen LogP contribution is -2.24. The van der Waals surface area contributed by atoms with Crippen LogP contribution in [-0.4, -0.2) is 29.9 Å². The number of thioether (sulfide) groups is 1. The van der Waals surface area contributed by atoms with E-state index in [0.717, 1.165) is 5.56 Å². The van der Waals surface area contributed by atoms with Crippen LogP contribution in [-0.2, 0) is 17.0 Å².